The summed E-state index contributed by atoms with van der Waals surface area (Å²) in [4.78, 5) is 0. The average molecular weight is 287 g/mol. The fourth-order valence-electron chi connectivity index (χ4n) is 2.36. The minimum Gasteiger partial charge on any atom is -0.495 e. The van der Waals surface area contributed by atoms with E-state index in [0.717, 1.165) is 18.4 Å². The Morgan fingerprint density at radius 2 is 1.89 bits per heavy atom. The Hall–Kier alpha value is -0.770. The van der Waals surface area contributed by atoms with Gasteiger partial charge in [-0.15, -0.1) is 0 Å². The number of ether oxygens (including phenoxy) is 2. The van der Waals surface area contributed by atoms with E-state index >= 15 is 0 Å². The first-order valence-corrected chi connectivity index (χ1v) is 7.07. The summed E-state index contributed by atoms with van der Waals surface area (Å²) in [6.07, 6.45) is 0.779. The maximum Gasteiger partial charge on any atom is 0.137 e. The molecule has 0 heterocycles. The van der Waals surface area contributed by atoms with Gasteiger partial charge in [0.15, 0.2) is 0 Å². The quantitative estimate of drug-likeness (QED) is 0.824. The number of rotatable bonds is 7. The molecule has 0 aliphatic heterocycles. The molecule has 0 aliphatic rings. The average Bonchev–Trinajstić information content (AvgIpc) is 2.44. The van der Waals surface area contributed by atoms with Crippen molar-refractivity contribution in [2.24, 2.45) is 0 Å². The van der Waals surface area contributed by atoms with Crippen LogP contribution >= 0.6 is 11.6 Å². The molecule has 1 unspecified atom stereocenters. The third kappa shape index (κ3) is 3.41. The van der Waals surface area contributed by atoms with E-state index in [-0.39, 0.29) is 0 Å². The second-order valence-electron chi connectivity index (χ2n) is 4.50. The third-order valence-corrected chi connectivity index (χ3v) is 3.93. The van der Waals surface area contributed by atoms with Crippen molar-refractivity contribution in [3.05, 3.63) is 28.8 Å². The standard InChI is InChI=1S/C15H23ClO3/c1-5-15(6-2,19-7-3)14(17)11-8-9-12(16)13(10-11)18-4/h8-10,14,17H,5-7H2,1-4H3. The molecule has 1 atom stereocenters. The second kappa shape index (κ2) is 7.13. The monoisotopic (exact) mass is 286 g/mol. The van der Waals surface area contributed by atoms with Crippen LogP contribution in [0, 0.1) is 0 Å². The summed E-state index contributed by atoms with van der Waals surface area (Å²) in [5.74, 6) is 0.566. The lowest BCUT2D eigenvalue weighted by Crippen LogP contribution is -2.38. The van der Waals surface area contributed by atoms with E-state index in [2.05, 4.69) is 0 Å². The predicted molar refractivity (Wildman–Crippen MR) is 77.9 cm³/mol. The Balaban J connectivity index is 3.12. The van der Waals surface area contributed by atoms with Crippen LogP contribution in [0.1, 0.15) is 45.3 Å². The molecule has 0 saturated carbocycles. The van der Waals surface area contributed by atoms with Crippen LogP contribution < -0.4 is 4.74 Å². The van der Waals surface area contributed by atoms with Gasteiger partial charge in [0.05, 0.1) is 17.7 Å². The molecule has 1 N–H and O–H groups in total. The number of aliphatic hydroxyl groups is 1. The number of aliphatic hydroxyl groups excluding tert-OH is 1. The third-order valence-electron chi connectivity index (χ3n) is 3.62. The molecule has 0 spiro atoms. The Kier molecular flexibility index (Phi) is 6.11. The van der Waals surface area contributed by atoms with Crippen molar-refractivity contribution in [1.82, 2.24) is 0 Å². The highest BCUT2D eigenvalue weighted by atomic mass is 35.5. The Bertz CT molecular complexity index is 402. The Morgan fingerprint density at radius 3 is 2.37 bits per heavy atom. The number of benzene rings is 1. The molecule has 0 aliphatic carbocycles. The SMILES string of the molecule is CCOC(CC)(CC)C(O)c1ccc(Cl)c(OC)c1. The summed E-state index contributed by atoms with van der Waals surface area (Å²) >= 11 is 6.01. The van der Waals surface area contributed by atoms with Gasteiger partial charge in [-0.2, -0.15) is 0 Å². The predicted octanol–water partition coefficient (Wildman–Crippen LogP) is 3.98. The molecule has 0 radical (unpaired) electrons. The molecule has 0 amide bonds. The highest BCUT2D eigenvalue weighted by Gasteiger charge is 2.36. The van der Waals surface area contributed by atoms with Gasteiger partial charge in [0.25, 0.3) is 0 Å². The smallest absolute Gasteiger partial charge is 0.137 e. The summed E-state index contributed by atoms with van der Waals surface area (Å²) in [5.41, 5.74) is 0.200. The van der Waals surface area contributed by atoms with Gasteiger partial charge >= 0.3 is 0 Å². The first-order chi connectivity index (χ1) is 9.04. The summed E-state index contributed by atoms with van der Waals surface area (Å²) < 4.78 is 11.0. The van der Waals surface area contributed by atoms with E-state index in [1.807, 2.05) is 26.8 Å². The minimum atomic E-state index is -0.700. The maximum atomic E-state index is 10.6. The van der Waals surface area contributed by atoms with Crippen LogP contribution in [0.25, 0.3) is 0 Å². The van der Waals surface area contributed by atoms with Gasteiger partial charge in [-0.3, -0.25) is 0 Å². The van der Waals surface area contributed by atoms with Crippen LogP contribution in [-0.2, 0) is 4.74 Å². The molecule has 1 rings (SSSR count). The Morgan fingerprint density at radius 1 is 1.26 bits per heavy atom. The number of hydrogen-bond donors (Lipinski definition) is 1. The molecule has 1 aromatic rings. The lowest BCUT2D eigenvalue weighted by Gasteiger charge is -2.36. The van der Waals surface area contributed by atoms with Crippen LogP contribution in [0.4, 0.5) is 0 Å². The van der Waals surface area contributed by atoms with Gasteiger partial charge in [0.1, 0.15) is 11.9 Å². The van der Waals surface area contributed by atoms with Gasteiger partial charge in [-0.05, 0) is 37.5 Å². The molecular formula is C15H23ClO3. The molecule has 4 heteroatoms. The fourth-order valence-corrected chi connectivity index (χ4v) is 2.55. The molecule has 19 heavy (non-hydrogen) atoms. The molecule has 3 nitrogen and oxygen atoms in total. The van der Waals surface area contributed by atoms with E-state index in [0.29, 0.717) is 17.4 Å². The molecule has 0 aromatic heterocycles. The van der Waals surface area contributed by atoms with Gasteiger partial charge in [0, 0.05) is 6.61 Å². The van der Waals surface area contributed by atoms with Gasteiger partial charge in [-0.1, -0.05) is 31.5 Å². The van der Waals surface area contributed by atoms with Crippen LogP contribution in [0.15, 0.2) is 18.2 Å². The summed E-state index contributed by atoms with van der Waals surface area (Å²) in [6.45, 7) is 6.56. The summed E-state index contributed by atoms with van der Waals surface area (Å²) in [5, 5.41) is 11.2. The van der Waals surface area contributed by atoms with Crippen molar-refractivity contribution >= 4 is 11.6 Å². The fraction of sp³-hybridized carbons (Fsp3) is 0.600. The summed E-state index contributed by atoms with van der Waals surface area (Å²) in [6, 6.07) is 5.32. The topological polar surface area (TPSA) is 38.7 Å². The Labute approximate surface area is 120 Å². The molecule has 0 fully saturated rings. The number of hydrogen-bond acceptors (Lipinski definition) is 3. The molecule has 1 aromatic carbocycles. The maximum absolute atomic E-state index is 10.6. The van der Waals surface area contributed by atoms with Crippen molar-refractivity contribution in [3.8, 4) is 5.75 Å². The first kappa shape index (κ1) is 16.3. The largest absolute Gasteiger partial charge is 0.495 e. The first-order valence-electron chi connectivity index (χ1n) is 6.70. The van der Waals surface area contributed by atoms with Gasteiger partial charge in [0.2, 0.25) is 0 Å². The van der Waals surface area contributed by atoms with Gasteiger partial charge < -0.3 is 14.6 Å². The van der Waals surface area contributed by atoms with Crippen molar-refractivity contribution in [3.63, 3.8) is 0 Å². The van der Waals surface area contributed by atoms with Gasteiger partial charge in [-0.25, -0.2) is 0 Å². The molecule has 0 saturated heterocycles. The van der Waals surface area contributed by atoms with Crippen molar-refractivity contribution in [2.45, 2.75) is 45.3 Å². The summed E-state index contributed by atoms with van der Waals surface area (Å²) in [7, 11) is 1.56. The lowest BCUT2D eigenvalue weighted by atomic mass is 9.86. The highest BCUT2D eigenvalue weighted by Crippen LogP contribution is 2.37. The van der Waals surface area contributed by atoms with Crippen LogP contribution in [0.5, 0.6) is 5.75 Å². The normalized spacial score (nSPS) is 13.4. The zero-order valence-electron chi connectivity index (χ0n) is 12.1. The van der Waals surface area contributed by atoms with Crippen LogP contribution in [0.2, 0.25) is 5.02 Å². The van der Waals surface area contributed by atoms with Crippen LogP contribution in [-0.4, -0.2) is 24.4 Å². The van der Waals surface area contributed by atoms with E-state index in [1.54, 1.807) is 19.2 Å². The van der Waals surface area contributed by atoms with E-state index in [4.69, 9.17) is 21.1 Å². The van der Waals surface area contributed by atoms with Crippen LogP contribution in [0.3, 0.4) is 0 Å². The van der Waals surface area contributed by atoms with Crippen molar-refractivity contribution in [2.75, 3.05) is 13.7 Å². The zero-order chi connectivity index (χ0) is 14.5. The number of methoxy groups -OCH3 is 1. The molecular weight excluding hydrogens is 264 g/mol. The lowest BCUT2D eigenvalue weighted by molar-refractivity contribution is -0.127. The van der Waals surface area contributed by atoms with E-state index < -0.39 is 11.7 Å². The zero-order valence-corrected chi connectivity index (χ0v) is 12.8. The minimum absolute atomic E-state index is 0.536. The van der Waals surface area contributed by atoms with Crippen molar-refractivity contribution in [1.29, 1.82) is 0 Å². The van der Waals surface area contributed by atoms with E-state index in [9.17, 15) is 5.11 Å². The number of halogens is 1. The van der Waals surface area contributed by atoms with E-state index in [1.165, 1.54) is 0 Å². The molecule has 108 valence electrons. The van der Waals surface area contributed by atoms with Crippen molar-refractivity contribution < 1.29 is 14.6 Å². The highest BCUT2D eigenvalue weighted by molar-refractivity contribution is 6.32. The molecule has 0 bridgehead atoms. The second-order valence-corrected chi connectivity index (χ2v) is 4.91.